The van der Waals surface area contributed by atoms with E-state index in [1.54, 1.807) is 0 Å². The summed E-state index contributed by atoms with van der Waals surface area (Å²) < 4.78 is 3.98. The summed E-state index contributed by atoms with van der Waals surface area (Å²) in [6, 6.07) is 15.0. The van der Waals surface area contributed by atoms with Crippen molar-refractivity contribution in [1.29, 1.82) is 0 Å². The molecule has 0 aromatic heterocycles. The number of hydrogen-bond acceptors (Lipinski definition) is 1. The Kier molecular flexibility index (Phi) is 2.32. The minimum atomic E-state index is 0.428. The molecular formula is C12H8BrNSe. The first kappa shape index (κ1) is 9.46. The molecule has 0 bridgehead atoms. The molecule has 2 aromatic rings. The Balaban J connectivity index is 2.11. The topological polar surface area (TPSA) is 12.0 Å². The molecule has 3 heteroatoms. The quantitative estimate of drug-likeness (QED) is 0.625. The van der Waals surface area contributed by atoms with E-state index in [9.17, 15) is 0 Å². The van der Waals surface area contributed by atoms with Crippen molar-refractivity contribution in [3.63, 3.8) is 0 Å². The van der Waals surface area contributed by atoms with Crippen LogP contribution in [0.2, 0.25) is 0 Å². The number of rotatable bonds is 0. The van der Waals surface area contributed by atoms with E-state index in [2.05, 4.69) is 63.7 Å². The molecule has 1 aliphatic heterocycles. The van der Waals surface area contributed by atoms with E-state index in [4.69, 9.17) is 0 Å². The molecule has 1 aliphatic rings. The van der Waals surface area contributed by atoms with Crippen LogP contribution in [0, 0.1) is 0 Å². The van der Waals surface area contributed by atoms with Crippen molar-refractivity contribution in [2.45, 2.75) is 0 Å². The molecule has 0 spiro atoms. The van der Waals surface area contributed by atoms with Crippen LogP contribution in [0.4, 0.5) is 11.4 Å². The third kappa shape index (κ3) is 1.71. The Morgan fingerprint density at radius 2 is 1.73 bits per heavy atom. The van der Waals surface area contributed by atoms with Crippen molar-refractivity contribution >= 4 is 51.2 Å². The molecule has 1 nitrogen and oxygen atoms in total. The van der Waals surface area contributed by atoms with Gasteiger partial charge in [0.2, 0.25) is 0 Å². The van der Waals surface area contributed by atoms with Crippen molar-refractivity contribution < 1.29 is 0 Å². The molecular weight excluding hydrogens is 317 g/mol. The van der Waals surface area contributed by atoms with Crippen molar-refractivity contribution in [3.05, 3.63) is 46.9 Å². The fourth-order valence-electron chi connectivity index (χ4n) is 1.61. The number of para-hydroxylation sites is 1. The number of halogens is 1. The Labute approximate surface area is 103 Å². The molecule has 2 aromatic carbocycles. The normalized spacial score (nSPS) is 12.6. The molecule has 0 saturated carbocycles. The van der Waals surface area contributed by atoms with Gasteiger partial charge in [-0.05, 0) is 0 Å². The van der Waals surface area contributed by atoms with Crippen LogP contribution in [0.15, 0.2) is 46.9 Å². The molecule has 0 fully saturated rings. The third-order valence-corrected chi connectivity index (χ3v) is 5.23. The van der Waals surface area contributed by atoms with Gasteiger partial charge in [-0.25, -0.2) is 0 Å². The van der Waals surface area contributed by atoms with Gasteiger partial charge >= 0.3 is 103 Å². The zero-order valence-corrected chi connectivity index (χ0v) is 11.1. The maximum absolute atomic E-state index is 3.50. The Morgan fingerprint density at radius 3 is 2.67 bits per heavy atom. The molecule has 3 rings (SSSR count). The predicted molar refractivity (Wildman–Crippen MR) is 68.9 cm³/mol. The Bertz CT molecular complexity index is 525. The van der Waals surface area contributed by atoms with Gasteiger partial charge in [-0.3, -0.25) is 0 Å². The van der Waals surface area contributed by atoms with Crippen LogP contribution >= 0.6 is 15.9 Å². The summed E-state index contributed by atoms with van der Waals surface area (Å²) in [6.45, 7) is 0. The molecule has 0 unspecified atom stereocenters. The third-order valence-electron chi connectivity index (χ3n) is 2.32. The van der Waals surface area contributed by atoms with Crippen LogP contribution in [0.1, 0.15) is 0 Å². The van der Waals surface area contributed by atoms with Gasteiger partial charge in [0.15, 0.2) is 0 Å². The Hall–Kier alpha value is -0.761. The fraction of sp³-hybridized carbons (Fsp3) is 0. The van der Waals surface area contributed by atoms with E-state index in [1.807, 2.05) is 0 Å². The zero-order valence-electron chi connectivity index (χ0n) is 7.83. The summed E-state index contributed by atoms with van der Waals surface area (Å²) in [6.07, 6.45) is 0. The van der Waals surface area contributed by atoms with Gasteiger partial charge in [-0.15, -0.1) is 0 Å². The van der Waals surface area contributed by atoms with Gasteiger partial charge < -0.3 is 0 Å². The summed E-state index contributed by atoms with van der Waals surface area (Å²) in [4.78, 5) is 0. The van der Waals surface area contributed by atoms with Crippen LogP contribution in [-0.2, 0) is 0 Å². The fourth-order valence-corrected chi connectivity index (χ4v) is 4.00. The van der Waals surface area contributed by atoms with Crippen LogP contribution in [0.25, 0.3) is 0 Å². The first-order chi connectivity index (χ1) is 7.33. The second-order valence-corrected chi connectivity index (χ2v) is 6.55. The molecule has 1 N–H and O–H groups in total. The minimum absolute atomic E-state index is 0.428. The van der Waals surface area contributed by atoms with Crippen molar-refractivity contribution in [2.24, 2.45) is 0 Å². The van der Waals surface area contributed by atoms with Crippen LogP contribution in [0.3, 0.4) is 0 Å². The van der Waals surface area contributed by atoms with Gasteiger partial charge in [0, 0.05) is 0 Å². The van der Waals surface area contributed by atoms with Crippen LogP contribution in [0.5, 0.6) is 0 Å². The molecule has 1 heterocycles. The first-order valence-corrected chi connectivity index (χ1v) is 7.17. The summed E-state index contributed by atoms with van der Waals surface area (Å²) in [5.41, 5.74) is 2.49. The number of fused-ring (bicyclic) bond motifs is 2. The predicted octanol–water partition coefficient (Wildman–Crippen LogP) is 2.16. The van der Waals surface area contributed by atoms with Crippen LogP contribution in [-0.4, -0.2) is 15.0 Å². The molecule has 0 radical (unpaired) electrons. The van der Waals surface area contributed by atoms with Gasteiger partial charge in [0.25, 0.3) is 0 Å². The first-order valence-electron chi connectivity index (χ1n) is 4.66. The summed E-state index contributed by atoms with van der Waals surface area (Å²) in [5.74, 6) is 0. The van der Waals surface area contributed by atoms with Gasteiger partial charge in [-0.1, -0.05) is 0 Å². The number of nitrogens with one attached hydrogen (secondary N) is 1. The van der Waals surface area contributed by atoms with Crippen molar-refractivity contribution in [1.82, 2.24) is 0 Å². The van der Waals surface area contributed by atoms with E-state index in [0.29, 0.717) is 15.0 Å². The molecule has 15 heavy (non-hydrogen) atoms. The second kappa shape index (κ2) is 3.67. The van der Waals surface area contributed by atoms with E-state index in [1.165, 1.54) is 20.3 Å². The number of anilines is 2. The van der Waals surface area contributed by atoms with Gasteiger partial charge in [-0.2, -0.15) is 0 Å². The molecule has 0 amide bonds. The monoisotopic (exact) mass is 325 g/mol. The average molecular weight is 325 g/mol. The average Bonchev–Trinajstić information content (AvgIpc) is 2.26. The van der Waals surface area contributed by atoms with Crippen molar-refractivity contribution in [2.75, 3.05) is 5.32 Å². The molecule has 0 saturated heterocycles. The van der Waals surface area contributed by atoms with E-state index in [-0.39, 0.29) is 0 Å². The van der Waals surface area contributed by atoms with Crippen molar-refractivity contribution in [3.8, 4) is 0 Å². The SMILES string of the molecule is Brc1ccc2c(c1)Nc1ccccc1[Se]2. The zero-order chi connectivity index (χ0) is 10.3. The molecule has 74 valence electrons. The summed E-state index contributed by atoms with van der Waals surface area (Å²) >= 11 is 3.93. The maximum atomic E-state index is 3.50. The Morgan fingerprint density at radius 1 is 0.933 bits per heavy atom. The van der Waals surface area contributed by atoms with E-state index < -0.39 is 0 Å². The van der Waals surface area contributed by atoms with Gasteiger partial charge in [0.1, 0.15) is 0 Å². The van der Waals surface area contributed by atoms with E-state index >= 15 is 0 Å². The van der Waals surface area contributed by atoms with Gasteiger partial charge in [0.05, 0.1) is 0 Å². The van der Waals surface area contributed by atoms with Crippen LogP contribution < -0.4 is 14.2 Å². The standard InChI is InChI=1S/C12H8BrNSe/c13-8-5-6-12-10(7-8)14-9-3-1-2-4-11(9)15-12/h1-7,14H. The number of hydrogen-bond donors (Lipinski definition) is 1. The summed E-state index contributed by atoms with van der Waals surface area (Å²) in [7, 11) is 0. The second-order valence-electron chi connectivity index (χ2n) is 3.36. The van der Waals surface area contributed by atoms with E-state index in [0.717, 1.165) is 4.47 Å². The summed E-state index contributed by atoms with van der Waals surface area (Å²) in [5, 5.41) is 3.47. The molecule has 0 aliphatic carbocycles. The molecule has 0 atom stereocenters. The number of benzene rings is 2.